The molecule has 1 saturated carbocycles. The van der Waals surface area contributed by atoms with Crippen molar-refractivity contribution < 1.29 is 13.4 Å². The van der Waals surface area contributed by atoms with Crippen molar-refractivity contribution in [3.05, 3.63) is 42.0 Å². The fourth-order valence-electron chi connectivity index (χ4n) is 4.45. The molecule has 0 saturated heterocycles. The monoisotopic (exact) mass is 448 g/mol. The minimum atomic E-state index is -1.79. The Balaban J connectivity index is 1.60. The van der Waals surface area contributed by atoms with Crippen molar-refractivity contribution >= 4 is 19.1 Å². The minimum Gasteiger partial charge on any atom is -0.413 e. The van der Waals surface area contributed by atoms with Crippen molar-refractivity contribution in [2.75, 3.05) is 12.4 Å². The van der Waals surface area contributed by atoms with Gasteiger partial charge in [0.05, 0.1) is 35.4 Å². The van der Waals surface area contributed by atoms with E-state index in [0.29, 0.717) is 18.5 Å². The molecule has 0 amide bonds. The molecule has 1 aromatic rings. The van der Waals surface area contributed by atoms with E-state index >= 15 is 0 Å². The number of rotatable bonds is 7. The van der Waals surface area contributed by atoms with Gasteiger partial charge in [-0.25, -0.2) is 0 Å². The third-order valence-electron chi connectivity index (χ3n) is 7.54. The Hall–Kier alpha value is -0.753. The molecule has 4 atom stereocenters. The highest BCUT2D eigenvalue weighted by atomic mass is 32.2. The lowest BCUT2D eigenvalue weighted by Crippen LogP contribution is -2.51. The normalized spacial score (nSPS) is 28.5. The topological polar surface area (TPSA) is 35.5 Å². The molecule has 0 N–H and O–H groups in total. The van der Waals surface area contributed by atoms with E-state index in [-0.39, 0.29) is 16.6 Å². The molecular weight excluding hydrogens is 408 g/mol. The van der Waals surface area contributed by atoms with Crippen molar-refractivity contribution in [2.45, 2.75) is 95.0 Å². The van der Waals surface area contributed by atoms with Gasteiger partial charge >= 0.3 is 0 Å². The van der Waals surface area contributed by atoms with Gasteiger partial charge in [0.1, 0.15) is 0 Å². The van der Waals surface area contributed by atoms with E-state index in [1.165, 1.54) is 18.4 Å². The highest BCUT2D eigenvalue weighted by Gasteiger charge is 2.48. The lowest BCUT2D eigenvalue weighted by atomic mass is 9.64. The van der Waals surface area contributed by atoms with Crippen LogP contribution in [0.2, 0.25) is 18.1 Å². The van der Waals surface area contributed by atoms with Crippen molar-refractivity contribution in [3.8, 4) is 0 Å². The summed E-state index contributed by atoms with van der Waals surface area (Å²) in [5.41, 5.74) is 1.67. The van der Waals surface area contributed by atoms with Crippen LogP contribution < -0.4 is 0 Å². The molecule has 0 radical (unpaired) electrons. The van der Waals surface area contributed by atoms with Crippen LogP contribution in [0.5, 0.6) is 0 Å². The first-order valence-electron chi connectivity index (χ1n) is 11.5. The molecule has 1 fully saturated rings. The van der Waals surface area contributed by atoms with Gasteiger partial charge in [-0.05, 0) is 62.4 Å². The van der Waals surface area contributed by atoms with Gasteiger partial charge in [0.15, 0.2) is 8.32 Å². The SMILES string of the molecule is CC(C)(C)[Si](C)(C)O[C@H]1CCCC2=C[C@@H](OCCS(=O)c3ccccc3)CC[C@@]21C. The molecule has 1 aromatic carbocycles. The van der Waals surface area contributed by atoms with E-state index in [1.54, 1.807) is 0 Å². The minimum absolute atomic E-state index is 0.139. The Bertz CT molecular complexity index is 768. The number of hydrogen-bond donors (Lipinski definition) is 0. The van der Waals surface area contributed by atoms with Crippen LogP contribution in [0.4, 0.5) is 0 Å². The summed E-state index contributed by atoms with van der Waals surface area (Å²) in [5.74, 6) is 0.554. The summed E-state index contributed by atoms with van der Waals surface area (Å²) in [6.45, 7) is 14.7. The van der Waals surface area contributed by atoms with Crippen LogP contribution in [0.1, 0.15) is 59.8 Å². The van der Waals surface area contributed by atoms with Crippen LogP contribution in [0.15, 0.2) is 46.9 Å². The van der Waals surface area contributed by atoms with Crippen LogP contribution in [-0.4, -0.2) is 37.1 Å². The largest absolute Gasteiger partial charge is 0.413 e. The van der Waals surface area contributed by atoms with Crippen molar-refractivity contribution in [2.24, 2.45) is 5.41 Å². The Kier molecular flexibility index (Phi) is 7.48. The molecule has 30 heavy (non-hydrogen) atoms. The fraction of sp³-hybridized carbons (Fsp3) is 0.680. The van der Waals surface area contributed by atoms with Crippen molar-refractivity contribution in [1.82, 2.24) is 0 Å². The molecule has 3 nitrogen and oxygen atoms in total. The van der Waals surface area contributed by atoms with Gasteiger partial charge in [-0.15, -0.1) is 0 Å². The summed E-state index contributed by atoms with van der Waals surface area (Å²) in [6, 6.07) is 9.68. The number of hydrogen-bond acceptors (Lipinski definition) is 3. The highest BCUT2D eigenvalue weighted by Crippen LogP contribution is 2.51. The maximum atomic E-state index is 12.4. The van der Waals surface area contributed by atoms with Crippen molar-refractivity contribution in [3.63, 3.8) is 0 Å². The lowest BCUT2D eigenvalue weighted by molar-refractivity contribution is 0.00924. The van der Waals surface area contributed by atoms with Crippen LogP contribution in [-0.2, 0) is 20.0 Å². The summed E-state index contributed by atoms with van der Waals surface area (Å²) >= 11 is 0. The standard InChI is InChI=1S/C25H40O3SSi/c1-24(2,3)30(5,6)28-23-14-10-11-20-19-21(15-16-25(20,23)4)27-17-18-29(26)22-12-8-7-9-13-22/h7-9,12-13,19,21,23H,10-11,14-18H2,1-6H3/t21-,23-,25-,29?/m0/s1. The number of benzene rings is 1. The average molecular weight is 449 g/mol. The third-order valence-corrected chi connectivity index (χ3v) is 13.4. The Morgan fingerprint density at radius 2 is 1.87 bits per heavy atom. The third kappa shape index (κ3) is 5.35. The smallest absolute Gasteiger partial charge is 0.192 e. The van der Waals surface area contributed by atoms with Gasteiger partial charge in [0.2, 0.25) is 0 Å². The molecule has 0 spiro atoms. The zero-order valence-corrected chi connectivity index (χ0v) is 21.5. The van der Waals surface area contributed by atoms with Gasteiger partial charge < -0.3 is 9.16 Å². The summed E-state index contributed by atoms with van der Waals surface area (Å²) in [5, 5.41) is 0.236. The van der Waals surface area contributed by atoms with Gasteiger partial charge in [0, 0.05) is 10.3 Å². The second kappa shape index (κ2) is 9.39. The molecule has 2 aliphatic rings. The maximum absolute atomic E-state index is 12.4. The van der Waals surface area contributed by atoms with E-state index in [4.69, 9.17) is 9.16 Å². The molecule has 0 aromatic heterocycles. The first-order valence-corrected chi connectivity index (χ1v) is 15.7. The van der Waals surface area contributed by atoms with Gasteiger partial charge in [-0.3, -0.25) is 4.21 Å². The van der Waals surface area contributed by atoms with Gasteiger partial charge in [-0.2, -0.15) is 0 Å². The molecule has 0 aliphatic heterocycles. The second-order valence-corrected chi connectivity index (χ2v) is 17.0. The highest BCUT2D eigenvalue weighted by molar-refractivity contribution is 7.85. The number of ether oxygens (including phenoxy) is 1. The molecule has 1 unspecified atom stereocenters. The van der Waals surface area contributed by atoms with E-state index in [9.17, 15) is 4.21 Å². The molecule has 5 heteroatoms. The summed E-state index contributed by atoms with van der Waals surface area (Å²) in [7, 11) is -2.78. The second-order valence-electron chi connectivity index (χ2n) is 10.7. The molecule has 0 bridgehead atoms. The first-order chi connectivity index (χ1) is 14.0. The fourth-order valence-corrected chi connectivity index (χ4v) is 6.84. The lowest BCUT2D eigenvalue weighted by Gasteiger charge is -2.51. The maximum Gasteiger partial charge on any atom is 0.192 e. The first kappa shape index (κ1) is 23.9. The quantitative estimate of drug-likeness (QED) is 0.354. The van der Waals surface area contributed by atoms with Gasteiger partial charge in [0.25, 0.3) is 0 Å². The van der Waals surface area contributed by atoms with Crippen LogP contribution >= 0.6 is 0 Å². The summed E-state index contributed by atoms with van der Waals surface area (Å²) in [4.78, 5) is 0.883. The Labute approximate surface area is 187 Å². The predicted molar refractivity (Wildman–Crippen MR) is 129 cm³/mol. The van der Waals surface area contributed by atoms with Gasteiger partial charge in [-0.1, -0.05) is 57.5 Å². The van der Waals surface area contributed by atoms with E-state index in [0.717, 1.165) is 24.2 Å². The van der Waals surface area contributed by atoms with Crippen LogP contribution in [0.25, 0.3) is 0 Å². The zero-order chi connectivity index (χ0) is 22.0. The van der Waals surface area contributed by atoms with E-state index < -0.39 is 19.1 Å². The Morgan fingerprint density at radius 1 is 1.17 bits per heavy atom. The van der Waals surface area contributed by atoms with Crippen molar-refractivity contribution in [1.29, 1.82) is 0 Å². The summed E-state index contributed by atoms with van der Waals surface area (Å²) < 4.78 is 25.5. The molecule has 2 aliphatic carbocycles. The molecule has 0 heterocycles. The van der Waals surface area contributed by atoms with E-state index in [2.05, 4.69) is 46.9 Å². The van der Waals surface area contributed by atoms with Crippen LogP contribution in [0, 0.1) is 5.41 Å². The van der Waals surface area contributed by atoms with E-state index in [1.807, 2.05) is 30.3 Å². The molecular formula is C25H40O3SSi. The zero-order valence-electron chi connectivity index (χ0n) is 19.7. The van der Waals surface area contributed by atoms with Crippen LogP contribution in [0.3, 0.4) is 0 Å². The number of fused-ring (bicyclic) bond motifs is 1. The summed E-state index contributed by atoms with van der Waals surface area (Å²) in [6.07, 6.45) is 8.50. The molecule has 3 rings (SSSR count). The predicted octanol–water partition coefficient (Wildman–Crippen LogP) is 6.48. The average Bonchev–Trinajstić information content (AvgIpc) is 2.68. The Morgan fingerprint density at radius 3 is 2.53 bits per heavy atom. The molecule has 168 valence electrons.